The molecule has 0 aliphatic carbocycles. The first-order valence-corrected chi connectivity index (χ1v) is 19.3. The Morgan fingerprint density at radius 2 is 0.912 bits per heavy atom. The summed E-state index contributed by atoms with van der Waals surface area (Å²) in [5.41, 5.74) is 11.4. The molecule has 281 valence electrons. The smallest absolute Gasteiger partial charge is 0.121 e. The van der Waals surface area contributed by atoms with Crippen molar-refractivity contribution in [2.75, 3.05) is 0 Å². The topological polar surface area (TPSA) is 86.1 Å². The predicted molar refractivity (Wildman–Crippen MR) is 239 cm³/mol. The minimum absolute atomic E-state index is 0. The van der Waals surface area contributed by atoms with Gasteiger partial charge in [0.2, 0.25) is 0 Å². The molecule has 9 heteroatoms. The fourth-order valence-corrected chi connectivity index (χ4v) is 6.36. The SMILES string of the molecule is CCC.CCC.Cc1cc(N=Nc2ccc(-n3nc4ccc5ccccc5c4n3)cc2)ccc1C=Cc1ccc(-n2nc3ccc4ccccc4c3n2)cc1C.[B]. The van der Waals surface area contributed by atoms with Gasteiger partial charge in [0.15, 0.2) is 0 Å². The van der Waals surface area contributed by atoms with E-state index in [2.05, 4.69) is 136 Å². The van der Waals surface area contributed by atoms with Gasteiger partial charge in [0.1, 0.15) is 22.1 Å². The van der Waals surface area contributed by atoms with E-state index in [1.54, 1.807) is 9.59 Å². The second kappa shape index (κ2) is 18.3. The molecule has 3 radical (unpaired) electrons. The van der Waals surface area contributed by atoms with Crippen LogP contribution < -0.4 is 0 Å². The normalized spacial score (nSPS) is 11.2. The number of nitrogens with zero attached hydrogens (tertiary/aromatic N) is 8. The van der Waals surface area contributed by atoms with E-state index >= 15 is 0 Å². The summed E-state index contributed by atoms with van der Waals surface area (Å²) in [6.07, 6.45) is 6.78. The van der Waals surface area contributed by atoms with Crippen LogP contribution >= 0.6 is 0 Å². The quantitative estimate of drug-likeness (QED) is 0.0963. The minimum atomic E-state index is 0. The van der Waals surface area contributed by atoms with Gasteiger partial charge in [0.05, 0.1) is 22.7 Å². The molecule has 2 aromatic heterocycles. The lowest BCUT2D eigenvalue weighted by Gasteiger charge is -2.06. The van der Waals surface area contributed by atoms with Crippen molar-refractivity contribution in [1.82, 2.24) is 30.0 Å². The van der Waals surface area contributed by atoms with Crippen molar-refractivity contribution in [1.29, 1.82) is 0 Å². The molecule has 7 aromatic carbocycles. The van der Waals surface area contributed by atoms with Crippen molar-refractivity contribution in [3.8, 4) is 11.4 Å². The molecule has 0 aliphatic heterocycles. The van der Waals surface area contributed by atoms with E-state index in [1.165, 1.54) is 12.8 Å². The summed E-state index contributed by atoms with van der Waals surface area (Å²) in [7, 11) is 0. The third-order valence-electron chi connectivity index (χ3n) is 9.09. The lowest BCUT2D eigenvalue weighted by atomic mass is 10.0. The Labute approximate surface area is 336 Å². The predicted octanol–water partition coefficient (Wildman–Crippen LogP) is 13.1. The maximum absolute atomic E-state index is 4.83. The average molecular weight is 746 g/mol. The van der Waals surface area contributed by atoms with Crippen molar-refractivity contribution in [2.24, 2.45) is 10.2 Å². The van der Waals surface area contributed by atoms with Gasteiger partial charge in [0, 0.05) is 19.2 Å². The Kier molecular flexibility index (Phi) is 12.8. The highest BCUT2D eigenvalue weighted by molar-refractivity contribution is 6.04. The molecule has 0 N–H and O–H groups in total. The van der Waals surface area contributed by atoms with Crippen LogP contribution in [0.25, 0.3) is 67.1 Å². The third kappa shape index (κ3) is 8.89. The number of aryl methyl sites for hydroxylation is 2. The number of hydrogen-bond acceptors (Lipinski definition) is 6. The summed E-state index contributed by atoms with van der Waals surface area (Å²) in [6, 6.07) is 44.9. The number of fused-ring (bicyclic) bond motifs is 6. The van der Waals surface area contributed by atoms with Gasteiger partial charge in [-0.25, -0.2) is 0 Å². The molecule has 9 aromatic rings. The molecule has 0 fully saturated rings. The molecule has 57 heavy (non-hydrogen) atoms. The van der Waals surface area contributed by atoms with Gasteiger partial charge in [-0.05, 0) is 108 Å². The number of azo groups is 1. The Bertz CT molecular complexity index is 2830. The van der Waals surface area contributed by atoms with Gasteiger partial charge in [0.25, 0.3) is 0 Å². The van der Waals surface area contributed by atoms with Gasteiger partial charge in [-0.2, -0.15) is 19.8 Å². The molecule has 0 saturated carbocycles. The van der Waals surface area contributed by atoms with E-state index in [9.17, 15) is 0 Å². The highest BCUT2D eigenvalue weighted by Gasteiger charge is 2.10. The van der Waals surface area contributed by atoms with Crippen molar-refractivity contribution >= 4 is 75.6 Å². The number of rotatable bonds is 6. The Hall–Kier alpha value is -6.74. The molecule has 0 spiro atoms. The summed E-state index contributed by atoms with van der Waals surface area (Å²) in [4.78, 5) is 3.40. The maximum Gasteiger partial charge on any atom is 0.121 e. The largest absolute Gasteiger partial charge is 0.151 e. The van der Waals surface area contributed by atoms with Gasteiger partial charge in [-0.3, -0.25) is 0 Å². The standard InChI is InChI=1S/C42H30N8.2C3H8.B/c1-27-25-34(44-43-33-18-21-35(22-19-33)49-45-39-23-15-31-7-3-5-9-37(31)41(39)47-49)17-13-29(27)11-12-30-14-20-36(26-28(30)2)50-46-40-24-16-32-8-4-6-10-38(32)42(40)48-50;2*1-3-2;/h3-26H,1-2H3;2*3H2,1-2H3;. The Morgan fingerprint density at radius 1 is 0.474 bits per heavy atom. The van der Waals surface area contributed by atoms with Gasteiger partial charge in [-0.1, -0.05) is 125 Å². The fourth-order valence-electron chi connectivity index (χ4n) is 6.36. The molecule has 0 unspecified atom stereocenters. The van der Waals surface area contributed by atoms with Gasteiger partial charge in [-0.15, -0.1) is 20.4 Å². The molecule has 0 aliphatic rings. The highest BCUT2D eigenvalue weighted by Crippen LogP contribution is 2.27. The number of hydrogen-bond donors (Lipinski definition) is 0. The van der Waals surface area contributed by atoms with E-state index in [0.717, 1.165) is 88.6 Å². The van der Waals surface area contributed by atoms with Crippen molar-refractivity contribution in [3.63, 3.8) is 0 Å². The Balaban J connectivity index is 0.000000740. The molecule has 2 heterocycles. The highest BCUT2D eigenvalue weighted by atomic mass is 15.5. The van der Waals surface area contributed by atoms with E-state index in [0.29, 0.717) is 0 Å². The Morgan fingerprint density at radius 3 is 1.44 bits per heavy atom. The molecule has 0 bridgehead atoms. The zero-order valence-electron chi connectivity index (χ0n) is 33.4. The number of aromatic nitrogens is 6. The monoisotopic (exact) mass is 745 g/mol. The van der Waals surface area contributed by atoms with Crippen LogP contribution in [0.1, 0.15) is 62.8 Å². The molecular weight excluding hydrogens is 699 g/mol. The summed E-state index contributed by atoms with van der Waals surface area (Å²) >= 11 is 0. The lowest BCUT2D eigenvalue weighted by molar-refractivity contribution is 0.765. The second-order valence-electron chi connectivity index (χ2n) is 13.8. The molecule has 0 atom stereocenters. The lowest BCUT2D eigenvalue weighted by Crippen LogP contribution is -1.99. The zero-order chi connectivity index (χ0) is 39.0. The first kappa shape index (κ1) is 39.9. The fraction of sp³-hybridized carbons (Fsp3) is 0.167. The first-order valence-electron chi connectivity index (χ1n) is 19.3. The average Bonchev–Trinajstić information content (AvgIpc) is 3.87. The summed E-state index contributed by atoms with van der Waals surface area (Å²) < 4.78 is 0. The van der Waals surface area contributed by atoms with E-state index in [1.807, 2.05) is 66.7 Å². The third-order valence-corrected chi connectivity index (χ3v) is 9.09. The van der Waals surface area contributed by atoms with Crippen LogP contribution in [0.15, 0.2) is 144 Å². The minimum Gasteiger partial charge on any atom is -0.151 e. The van der Waals surface area contributed by atoms with Crippen molar-refractivity contribution in [3.05, 3.63) is 156 Å². The van der Waals surface area contributed by atoms with E-state index in [-0.39, 0.29) is 8.41 Å². The molecule has 0 amide bonds. The summed E-state index contributed by atoms with van der Waals surface area (Å²) in [6.45, 7) is 12.7. The van der Waals surface area contributed by atoms with Gasteiger partial charge < -0.3 is 0 Å². The van der Waals surface area contributed by atoms with Crippen LogP contribution in [0.4, 0.5) is 11.4 Å². The van der Waals surface area contributed by atoms with Crippen LogP contribution in [-0.2, 0) is 0 Å². The van der Waals surface area contributed by atoms with Crippen molar-refractivity contribution in [2.45, 2.75) is 54.4 Å². The maximum atomic E-state index is 4.83. The molecule has 9 rings (SSSR count). The second-order valence-corrected chi connectivity index (χ2v) is 13.8. The summed E-state index contributed by atoms with van der Waals surface area (Å²) in [5, 5.41) is 32.5. The van der Waals surface area contributed by atoms with Crippen LogP contribution in [0.2, 0.25) is 0 Å². The zero-order valence-corrected chi connectivity index (χ0v) is 33.4. The van der Waals surface area contributed by atoms with Crippen molar-refractivity contribution < 1.29 is 0 Å². The van der Waals surface area contributed by atoms with Gasteiger partial charge >= 0.3 is 0 Å². The van der Waals surface area contributed by atoms with Crippen LogP contribution in [0.5, 0.6) is 0 Å². The molecular formula is C48H46BN8. The summed E-state index contributed by atoms with van der Waals surface area (Å²) in [5.74, 6) is 0. The van der Waals surface area contributed by atoms with Crippen LogP contribution in [-0.4, -0.2) is 38.4 Å². The molecule has 8 nitrogen and oxygen atoms in total. The van der Waals surface area contributed by atoms with Crippen LogP contribution in [0.3, 0.4) is 0 Å². The first-order chi connectivity index (χ1) is 27.4. The molecule has 0 saturated heterocycles. The van der Waals surface area contributed by atoms with Crippen LogP contribution in [0, 0.1) is 13.8 Å². The van der Waals surface area contributed by atoms with E-state index in [4.69, 9.17) is 15.3 Å². The number of benzene rings is 7. The van der Waals surface area contributed by atoms with E-state index < -0.39 is 0 Å².